The van der Waals surface area contributed by atoms with Gasteiger partial charge in [-0.3, -0.25) is 0 Å². The Morgan fingerprint density at radius 3 is 1.75 bits per heavy atom. The summed E-state index contributed by atoms with van der Waals surface area (Å²) in [5.41, 5.74) is 0. The third kappa shape index (κ3) is 11.3. The molecule has 0 aliphatic rings. The maximum atomic E-state index is 9.93. The summed E-state index contributed by atoms with van der Waals surface area (Å²) in [5.74, 6) is 0. The molecule has 170 valence electrons. The summed E-state index contributed by atoms with van der Waals surface area (Å²) < 4.78 is 38.9. The molecule has 0 amide bonds. The van der Waals surface area contributed by atoms with Crippen molar-refractivity contribution in [3.05, 3.63) is 0 Å². The van der Waals surface area contributed by atoms with Gasteiger partial charge in [-0.1, -0.05) is 0 Å². The van der Waals surface area contributed by atoms with Gasteiger partial charge in [-0.25, -0.2) is 0 Å². The van der Waals surface area contributed by atoms with Gasteiger partial charge < -0.3 is 41.7 Å². The van der Waals surface area contributed by atoms with Crippen molar-refractivity contribution in [2.24, 2.45) is 0 Å². The Labute approximate surface area is 172 Å². The molecule has 0 aromatic rings. The second kappa shape index (κ2) is 16.8. The largest absolute Gasteiger partial charge is 0.500 e. The van der Waals surface area contributed by atoms with Gasteiger partial charge in [0.1, 0.15) is 0 Å². The standard InChI is InChI=1S/C17H41NO8Si2/c1-7-24-28(25-8-2,26-9-3)14-10-12-18-16-17(19)23-13-11-15-27(20-4,21-5)22-6/h17-19H,7-16H2,1-6H3. The van der Waals surface area contributed by atoms with E-state index in [4.69, 9.17) is 31.3 Å². The Bertz CT molecular complexity index is 339. The van der Waals surface area contributed by atoms with Crippen molar-refractivity contribution in [2.75, 3.05) is 60.8 Å². The molecule has 9 nitrogen and oxygen atoms in total. The van der Waals surface area contributed by atoms with Crippen LogP contribution in [-0.4, -0.2) is 89.9 Å². The minimum absolute atomic E-state index is 0.355. The predicted molar refractivity (Wildman–Crippen MR) is 111 cm³/mol. The molecule has 0 saturated carbocycles. The maximum Gasteiger partial charge on any atom is 0.500 e. The van der Waals surface area contributed by atoms with Crippen molar-refractivity contribution in [1.82, 2.24) is 5.32 Å². The van der Waals surface area contributed by atoms with E-state index in [1.54, 1.807) is 21.3 Å². The van der Waals surface area contributed by atoms with Crippen LogP contribution in [0.4, 0.5) is 0 Å². The first-order valence-electron chi connectivity index (χ1n) is 10.0. The minimum Gasteiger partial charge on any atom is -0.377 e. The van der Waals surface area contributed by atoms with Crippen LogP contribution in [-0.2, 0) is 31.3 Å². The molecule has 0 aromatic carbocycles. The third-order valence-corrected chi connectivity index (χ3v) is 10.1. The number of ether oxygens (including phenoxy) is 1. The molecule has 1 unspecified atom stereocenters. The first-order chi connectivity index (χ1) is 13.5. The average molecular weight is 444 g/mol. The summed E-state index contributed by atoms with van der Waals surface area (Å²) in [5, 5.41) is 13.1. The van der Waals surface area contributed by atoms with Gasteiger partial charge >= 0.3 is 17.6 Å². The lowest BCUT2D eigenvalue weighted by Gasteiger charge is -2.28. The van der Waals surface area contributed by atoms with E-state index in [1.807, 2.05) is 20.8 Å². The Morgan fingerprint density at radius 1 is 0.786 bits per heavy atom. The fourth-order valence-corrected chi connectivity index (χ4v) is 7.08. The van der Waals surface area contributed by atoms with Crippen molar-refractivity contribution in [3.8, 4) is 0 Å². The molecule has 0 aliphatic heterocycles. The second-order valence-corrected chi connectivity index (χ2v) is 11.8. The topological polar surface area (TPSA) is 96.9 Å². The van der Waals surface area contributed by atoms with Crippen LogP contribution in [0.2, 0.25) is 12.1 Å². The summed E-state index contributed by atoms with van der Waals surface area (Å²) in [6.45, 7) is 9.05. The number of aliphatic hydroxyl groups excluding tert-OH is 1. The van der Waals surface area contributed by atoms with Gasteiger partial charge in [-0.15, -0.1) is 0 Å². The molecule has 1 atom stereocenters. The molecule has 0 aromatic heterocycles. The molecule has 0 bridgehead atoms. The molecule has 0 aliphatic carbocycles. The molecule has 0 fully saturated rings. The lowest BCUT2D eigenvalue weighted by molar-refractivity contribution is -0.0961. The average Bonchev–Trinajstić information content (AvgIpc) is 2.69. The van der Waals surface area contributed by atoms with Gasteiger partial charge in [-0.05, 0) is 40.2 Å². The van der Waals surface area contributed by atoms with Crippen LogP contribution in [0.1, 0.15) is 33.6 Å². The summed E-state index contributed by atoms with van der Waals surface area (Å²) in [6.07, 6.45) is 0.656. The Balaban J connectivity index is 4.00. The van der Waals surface area contributed by atoms with Gasteiger partial charge in [-0.2, -0.15) is 0 Å². The fraction of sp³-hybridized carbons (Fsp3) is 1.00. The molecule has 0 saturated heterocycles. The monoisotopic (exact) mass is 443 g/mol. The van der Waals surface area contributed by atoms with Crippen molar-refractivity contribution in [2.45, 2.75) is 52.0 Å². The second-order valence-electron chi connectivity index (χ2n) is 6.01. The van der Waals surface area contributed by atoms with Gasteiger partial charge in [0, 0.05) is 66.4 Å². The van der Waals surface area contributed by atoms with Crippen LogP contribution >= 0.6 is 0 Å². The first-order valence-corrected chi connectivity index (χ1v) is 13.9. The highest BCUT2D eigenvalue weighted by Gasteiger charge is 2.39. The summed E-state index contributed by atoms with van der Waals surface area (Å²) >= 11 is 0. The summed E-state index contributed by atoms with van der Waals surface area (Å²) in [4.78, 5) is 0. The summed E-state index contributed by atoms with van der Waals surface area (Å²) in [7, 11) is -0.419. The van der Waals surface area contributed by atoms with Gasteiger partial charge in [0.2, 0.25) is 0 Å². The maximum absolute atomic E-state index is 9.93. The third-order valence-electron chi connectivity index (χ3n) is 4.12. The van der Waals surface area contributed by atoms with Gasteiger partial charge in [0.25, 0.3) is 0 Å². The van der Waals surface area contributed by atoms with E-state index < -0.39 is 23.9 Å². The number of hydrogen-bond acceptors (Lipinski definition) is 9. The van der Waals surface area contributed by atoms with Crippen molar-refractivity contribution < 1.29 is 36.4 Å². The molecule has 0 rings (SSSR count). The van der Waals surface area contributed by atoms with Crippen molar-refractivity contribution >= 4 is 17.6 Å². The minimum atomic E-state index is -2.59. The van der Waals surface area contributed by atoms with E-state index in [9.17, 15) is 5.11 Å². The zero-order valence-corrected chi connectivity index (χ0v) is 20.5. The predicted octanol–water partition coefficient (Wildman–Crippen LogP) is 1.62. The zero-order valence-electron chi connectivity index (χ0n) is 18.5. The molecule has 0 radical (unpaired) electrons. The van der Waals surface area contributed by atoms with E-state index in [0.717, 1.165) is 19.0 Å². The van der Waals surface area contributed by atoms with E-state index in [2.05, 4.69) is 5.32 Å². The van der Waals surface area contributed by atoms with E-state index >= 15 is 0 Å². The Morgan fingerprint density at radius 2 is 1.29 bits per heavy atom. The van der Waals surface area contributed by atoms with Crippen LogP contribution in [0.5, 0.6) is 0 Å². The fourth-order valence-electron chi connectivity index (χ4n) is 2.78. The molecule has 2 N–H and O–H groups in total. The SMILES string of the molecule is CCO[Si](CCCNCC(O)OCCC[Si](OC)(OC)OC)(OCC)OCC. The number of rotatable bonds is 20. The summed E-state index contributed by atoms with van der Waals surface area (Å²) in [6, 6.07) is 1.37. The molecular weight excluding hydrogens is 402 g/mol. The lowest BCUT2D eigenvalue weighted by atomic mass is 10.4. The van der Waals surface area contributed by atoms with Crippen LogP contribution in [0.15, 0.2) is 0 Å². The van der Waals surface area contributed by atoms with Crippen molar-refractivity contribution in [1.29, 1.82) is 0 Å². The molecule has 0 spiro atoms. The Hall–Kier alpha value is 0.0738. The first kappa shape index (κ1) is 28.1. The quantitative estimate of drug-likeness (QED) is 0.165. The van der Waals surface area contributed by atoms with Crippen LogP contribution < -0.4 is 5.32 Å². The Kier molecular flexibility index (Phi) is 16.9. The van der Waals surface area contributed by atoms with Crippen molar-refractivity contribution in [3.63, 3.8) is 0 Å². The van der Waals surface area contributed by atoms with Gasteiger partial charge in [0.15, 0.2) is 6.29 Å². The molecule has 11 heteroatoms. The van der Waals surface area contributed by atoms with E-state index in [1.165, 1.54) is 0 Å². The van der Waals surface area contributed by atoms with Crippen LogP contribution in [0, 0.1) is 0 Å². The smallest absolute Gasteiger partial charge is 0.377 e. The van der Waals surface area contributed by atoms with Crippen LogP contribution in [0.25, 0.3) is 0 Å². The molecule has 0 heterocycles. The highest BCUT2D eigenvalue weighted by Crippen LogP contribution is 2.18. The highest BCUT2D eigenvalue weighted by molar-refractivity contribution is 6.61. The molecule has 28 heavy (non-hydrogen) atoms. The zero-order chi connectivity index (χ0) is 21.3. The number of nitrogens with one attached hydrogen (secondary N) is 1. The molecular formula is C17H41NO8Si2. The normalized spacial score (nSPS) is 13.8. The van der Waals surface area contributed by atoms with Gasteiger partial charge in [0.05, 0.1) is 0 Å². The highest BCUT2D eigenvalue weighted by atomic mass is 28.4. The number of aliphatic hydroxyl groups is 1. The van der Waals surface area contributed by atoms with Crippen LogP contribution in [0.3, 0.4) is 0 Å². The van der Waals surface area contributed by atoms with E-state index in [-0.39, 0.29) is 0 Å². The number of hydrogen-bond donors (Lipinski definition) is 2. The lowest BCUT2D eigenvalue weighted by Crippen LogP contribution is -2.46. The van der Waals surface area contributed by atoms with E-state index in [0.29, 0.717) is 45.4 Å².